The molecule has 2 aromatic heterocycles. The van der Waals surface area contributed by atoms with Crippen LogP contribution < -0.4 is 10.6 Å². The minimum atomic E-state index is -0.942. The Kier molecular flexibility index (Phi) is 9.79. The van der Waals surface area contributed by atoms with Gasteiger partial charge in [0.2, 0.25) is 5.91 Å². The lowest BCUT2D eigenvalue weighted by Gasteiger charge is -2.29. The molecule has 0 spiro atoms. The van der Waals surface area contributed by atoms with Crippen LogP contribution >= 0.6 is 0 Å². The number of carbonyl (C=O) groups excluding carboxylic acids is 4. The highest BCUT2D eigenvalue weighted by Crippen LogP contribution is 2.81. The van der Waals surface area contributed by atoms with E-state index in [-0.39, 0.29) is 41.8 Å². The largest absolute Gasteiger partial charge is 0.453 e. The van der Waals surface area contributed by atoms with Crippen molar-refractivity contribution in [1.82, 2.24) is 40.4 Å². The summed E-state index contributed by atoms with van der Waals surface area (Å²) < 4.78 is 15.3. The number of H-pyrrole nitrogens is 2. The molecule has 5 aromatic carbocycles. The Hall–Kier alpha value is -7.00. The summed E-state index contributed by atoms with van der Waals surface area (Å²) in [6.45, 7) is 4.79. The number of hydrogen-bond donors (Lipinski definition) is 4. The van der Waals surface area contributed by atoms with Crippen LogP contribution in [-0.2, 0) is 23.8 Å². The van der Waals surface area contributed by atoms with Crippen LogP contribution in [0, 0.1) is 29.6 Å². The average molecular weight is 875 g/mol. The number of carbonyl (C=O) groups is 4. The summed E-state index contributed by atoms with van der Waals surface area (Å²) in [6.07, 6.45) is -0.656. The van der Waals surface area contributed by atoms with Crippen molar-refractivity contribution in [2.75, 3.05) is 34.5 Å². The number of piperidine rings is 1. The van der Waals surface area contributed by atoms with Crippen molar-refractivity contribution in [3.05, 3.63) is 108 Å². The van der Waals surface area contributed by atoms with E-state index < -0.39 is 24.3 Å². The Morgan fingerprint density at radius 3 is 1.92 bits per heavy atom. The van der Waals surface area contributed by atoms with Gasteiger partial charge in [-0.25, -0.2) is 19.6 Å². The van der Waals surface area contributed by atoms with Gasteiger partial charge in [-0.2, -0.15) is 0 Å². The third kappa shape index (κ3) is 6.74. The molecule has 2 unspecified atom stereocenters. The molecule has 3 saturated heterocycles. The lowest BCUT2D eigenvalue weighted by molar-refractivity contribution is -0.136. The topological polar surface area (TPSA) is 184 Å². The van der Waals surface area contributed by atoms with Crippen molar-refractivity contribution < 1.29 is 33.4 Å². The lowest BCUT2D eigenvalue weighted by Crippen LogP contribution is -2.51. The molecule has 15 nitrogen and oxygen atoms in total. The SMILES string of the molecule is COC[C@H]1C[C@@H](c2nc3ccc4cc(-c5ccc6c(ccc7nc([C@@H]8C9C%10[C@H]9[C@@H]%10N8C(=O)[C@@H](NC(=O)OC)C(C)C)[nH]c76)c5)ccc4c3[nH]2)N(C(=O)[C@H](NC(=O)OC)c2ccccc2)C1. The summed E-state index contributed by atoms with van der Waals surface area (Å²) in [4.78, 5) is 74.2. The van der Waals surface area contributed by atoms with Gasteiger partial charge in [-0.15, -0.1) is 0 Å². The number of methoxy groups -OCH3 is 3. The molecule has 0 radical (unpaired) electrons. The van der Waals surface area contributed by atoms with Crippen LogP contribution in [0.3, 0.4) is 0 Å². The number of hydrogen-bond acceptors (Lipinski definition) is 9. The molecule has 65 heavy (non-hydrogen) atoms. The first-order valence-electron chi connectivity index (χ1n) is 22.3. The van der Waals surface area contributed by atoms with Gasteiger partial charge in [0, 0.05) is 36.4 Å². The molecule has 2 aliphatic carbocycles. The molecule has 9 atom stereocenters. The van der Waals surface area contributed by atoms with E-state index in [1.54, 1.807) is 12.0 Å². The van der Waals surface area contributed by atoms with E-state index in [0.29, 0.717) is 48.7 Å². The molecule has 4 amide bonds. The van der Waals surface area contributed by atoms with Crippen LogP contribution in [0.2, 0.25) is 0 Å². The average Bonchev–Trinajstić information content (AvgIpc) is 3.75. The zero-order chi connectivity index (χ0) is 44.8. The first-order valence-corrected chi connectivity index (χ1v) is 22.3. The molecule has 3 aliphatic heterocycles. The summed E-state index contributed by atoms with van der Waals surface area (Å²) >= 11 is 0. The fourth-order valence-electron chi connectivity index (χ4n) is 11.0. The third-order valence-corrected chi connectivity index (χ3v) is 14.3. The van der Waals surface area contributed by atoms with E-state index in [0.717, 1.165) is 60.6 Å². The first-order chi connectivity index (χ1) is 31.6. The van der Waals surface area contributed by atoms with Gasteiger partial charge in [0.1, 0.15) is 23.7 Å². The Morgan fingerprint density at radius 1 is 0.723 bits per heavy atom. The molecular formula is C50H50N8O7. The molecule has 5 fully saturated rings. The fourth-order valence-corrected chi connectivity index (χ4v) is 11.0. The number of nitrogens with one attached hydrogen (secondary N) is 4. The summed E-state index contributed by atoms with van der Waals surface area (Å²) in [6, 6.07) is 28.4. The van der Waals surface area contributed by atoms with Crippen LogP contribution in [0.15, 0.2) is 91.0 Å². The molecule has 5 aliphatic rings. The Balaban J connectivity index is 0.873. The van der Waals surface area contributed by atoms with Crippen molar-refractivity contribution >= 4 is 67.6 Å². The summed E-state index contributed by atoms with van der Waals surface area (Å²) in [5, 5.41) is 9.68. The number of alkyl carbamates (subject to hydrolysis) is 2. The maximum Gasteiger partial charge on any atom is 0.407 e. The Labute approximate surface area is 374 Å². The van der Waals surface area contributed by atoms with Gasteiger partial charge < -0.3 is 44.6 Å². The normalized spacial score (nSPS) is 23.8. The van der Waals surface area contributed by atoms with Crippen LogP contribution in [0.4, 0.5) is 9.59 Å². The number of aromatic amines is 2. The second-order valence-electron chi connectivity index (χ2n) is 18.3. The van der Waals surface area contributed by atoms with Gasteiger partial charge in [-0.1, -0.05) is 80.6 Å². The molecule has 332 valence electrons. The van der Waals surface area contributed by atoms with E-state index in [2.05, 4.69) is 69.1 Å². The van der Waals surface area contributed by atoms with Crippen LogP contribution in [0.25, 0.3) is 54.7 Å². The number of amides is 4. The maximum absolute atomic E-state index is 14.4. The number of aromatic nitrogens is 4. The Morgan fingerprint density at radius 2 is 1.32 bits per heavy atom. The summed E-state index contributed by atoms with van der Waals surface area (Å²) in [5.41, 5.74) is 6.25. The Bertz CT molecular complexity index is 3050. The van der Waals surface area contributed by atoms with E-state index in [4.69, 9.17) is 24.2 Å². The molecule has 5 heterocycles. The number of likely N-dealkylation sites (tertiary alicyclic amines) is 1. The summed E-state index contributed by atoms with van der Waals surface area (Å²) in [7, 11) is 4.25. The van der Waals surface area contributed by atoms with E-state index in [9.17, 15) is 19.2 Å². The van der Waals surface area contributed by atoms with Crippen molar-refractivity contribution in [2.45, 2.75) is 50.5 Å². The molecule has 2 bridgehead atoms. The minimum Gasteiger partial charge on any atom is -0.453 e. The fraction of sp³-hybridized carbons (Fsp3) is 0.360. The van der Waals surface area contributed by atoms with Crippen LogP contribution in [0.1, 0.15) is 55.6 Å². The number of rotatable bonds is 11. The molecule has 15 heteroatoms. The highest BCUT2D eigenvalue weighted by Gasteiger charge is 2.86. The highest BCUT2D eigenvalue weighted by molar-refractivity contribution is 6.07. The predicted octanol–water partition coefficient (Wildman–Crippen LogP) is 7.55. The molecule has 2 saturated carbocycles. The van der Waals surface area contributed by atoms with Crippen molar-refractivity contribution in [2.24, 2.45) is 29.6 Å². The number of ether oxygens (including phenoxy) is 3. The minimum absolute atomic E-state index is 0.0740. The van der Waals surface area contributed by atoms with Gasteiger partial charge >= 0.3 is 12.2 Å². The van der Waals surface area contributed by atoms with Gasteiger partial charge in [0.25, 0.3) is 5.91 Å². The molecule has 7 aromatic rings. The second-order valence-corrected chi connectivity index (χ2v) is 18.3. The van der Waals surface area contributed by atoms with Crippen LogP contribution in [0.5, 0.6) is 0 Å². The second kappa shape index (κ2) is 15.6. The summed E-state index contributed by atoms with van der Waals surface area (Å²) in [5.74, 6) is 2.51. The number of imidazole rings is 2. The maximum atomic E-state index is 14.4. The van der Waals surface area contributed by atoms with E-state index >= 15 is 0 Å². The predicted molar refractivity (Wildman–Crippen MR) is 243 cm³/mol. The molecule has 4 N–H and O–H groups in total. The third-order valence-electron chi connectivity index (χ3n) is 14.3. The zero-order valence-corrected chi connectivity index (χ0v) is 36.7. The van der Waals surface area contributed by atoms with E-state index in [1.807, 2.05) is 61.2 Å². The number of nitrogens with zero attached hydrogens (tertiary/aromatic N) is 4. The number of fused-ring (bicyclic) bond motifs is 7. The molecule has 12 rings (SSSR count). The van der Waals surface area contributed by atoms with Gasteiger partial charge in [0.05, 0.1) is 55.0 Å². The first kappa shape index (κ1) is 40.8. The quantitative estimate of drug-likeness (QED) is 0.102. The van der Waals surface area contributed by atoms with Crippen LogP contribution in [-0.4, -0.2) is 100 Å². The monoisotopic (exact) mass is 874 g/mol. The lowest BCUT2D eigenvalue weighted by atomic mass is 9.98. The van der Waals surface area contributed by atoms with Gasteiger partial charge in [-0.05, 0) is 81.8 Å². The standard InChI is InChI=1S/C50H50N8O7/c1-24(2)39(55-49(61)64-4)48(60)58-43-36-37(43)38(36)44(58)46-52-34-18-14-30-21-28(12-16-32(30)42(34)54-46)27-11-15-31-29(20-27)13-17-33-41(31)53-45(51-33)35-19-25(23-63-3)22-57(35)47(59)40(56-50(62)65-5)26-9-7-6-8-10-26/h6-18,20-21,24-25,35-40,43-44H,19,22-23H2,1-5H3,(H,51,53)(H,52,54)(H,55,61)(H,56,62)/t25-,35-,36+,37?,38?,39-,40+,43-,44-/m0/s1. The van der Waals surface area contributed by atoms with Crippen molar-refractivity contribution in [3.63, 3.8) is 0 Å². The van der Waals surface area contributed by atoms with Gasteiger partial charge in [-0.3, -0.25) is 9.59 Å². The highest BCUT2D eigenvalue weighted by atomic mass is 16.5. The zero-order valence-electron chi connectivity index (χ0n) is 36.7. The van der Waals surface area contributed by atoms with E-state index in [1.165, 1.54) is 14.2 Å². The molecular weight excluding hydrogens is 825 g/mol. The smallest absolute Gasteiger partial charge is 0.407 e. The van der Waals surface area contributed by atoms with Gasteiger partial charge in [0.15, 0.2) is 0 Å². The van der Waals surface area contributed by atoms with Crippen molar-refractivity contribution in [1.29, 1.82) is 0 Å². The number of benzene rings is 5. The van der Waals surface area contributed by atoms with Crippen molar-refractivity contribution in [3.8, 4) is 11.1 Å².